The van der Waals surface area contributed by atoms with E-state index < -0.39 is 0 Å². The van der Waals surface area contributed by atoms with Crippen molar-refractivity contribution in [3.05, 3.63) is 70.8 Å². The quantitative estimate of drug-likeness (QED) is 0.461. The Balaban J connectivity index is 2.30. The number of fused-ring (bicyclic) bond motifs is 1. The average molecular weight is 298 g/mol. The molecule has 22 heavy (non-hydrogen) atoms. The molecule has 0 atom stereocenters. The molecule has 4 nitrogen and oxygen atoms in total. The van der Waals surface area contributed by atoms with E-state index in [1.165, 1.54) is 6.07 Å². The van der Waals surface area contributed by atoms with Crippen LogP contribution in [0.4, 0.5) is 0 Å². The van der Waals surface area contributed by atoms with Crippen LogP contribution in [-0.4, -0.2) is 13.7 Å². The van der Waals surface area contributed by atoms with Gasteiger partial charge in [-0.15, -0.1) is 0 Å². The second-order valence-electron chi connectivity index (χ2n) is 4.65. The van der Waals surface area contributed by atoms with Crippen LogP contribution in [-0.2, 0) is 4.74 Å². The lowest BCUT2D eigenvalue weighted by Crippen LogP contribution is -1.97. The van der Waals surface area contributed by atoms with Gasteiger partial charge in [0.2, 0.25) is 0 Å². The van der Waals surface area contributed by atoms with Crippen LogP contribution in [0.3, 0.4) is 0 Å². The van der Waals surface area contributed by atoms with Gasteiger partial charge in [-0.2, -0.15) is 0 Å². The highest BCUT2D eigenvalue weighted by molar-refractivity contribution is 5.88. The van der Waals surface area contributed by atoms with Gasteiger partial charge in [-0.25, -0.2) is 4.79 Å². The number of methoxy groups -OCH3 is 1. The Bertz CT molecular complexity index is 781. The van der Waals surface area contributed by atoms with E-state index in [1.807, 2.05) is 36.4 Å². The predicted octanol–water partition coefficient (Wildman–Crippen LogP) is 3.92. The summed E-state index contributed by atoms with van der Waals surface area (Å²) in [6.07, 6.45) is 7.38. The summed E-state index contributed by atoms with van der Waals surface area (Å²) in [6.45, 7) is 5.91. The zero-order valence-electron chi connectivity index (χ0n) is 12.7. The Morgan fingerprint density at radius 2 is 2.05 bits per heavy atom. The van der Waals surface area contributed by atoms with Crippen LogP contribution in [0.1, 0.15) is 12.5 Å². The Labute approximate surface area is 129 Å². The highest BCUT2D eigenvalue weighted by Gasteiger charge is 2.08. The SMILES string of the molecule is C=C(C)OC/C=C/C=C/c1c(OC)ccc2ccc(=O)oc12. The maximum atomic E-state index is 11.4. The zero-order valence-corrected chi connectivity index (χ0v) is 12.7. The van der Waals surface area contributed by atoms with Crippen LogP contribution in [0, 0.1) is 0 Å². The molecule has 0 spiro atoms. The van der Waals surface area contributed by atoms with Gasteiger partial charge in [0, 0.05) is 11.5 Å². The number of benzene rings is 1. The van der Waals surface area contributed by atoms with Gasteiger partial charge >= 0.3 is 5.63 Å². The summed E-state index contributed by atoms with van der Waals surface area (Å²) in [5.41, 5.74) is 0.846. The van der Waals surface area contributed by atoms with Crippen LogP contribution in [0.2, 0.25) is 0 Å². The number of ether oxygens (including phenoxy) is 2. The molecule has 1 heterocycles. The molecule has 0 aliphatic heterocycles. The summed E-state index contributed by atoms with van der Waals surface area (Å²) in [5, 5.41) is 0.842. The van der Waals surface area contributed by atoms with E-state index in [2.05, 4.69) is 6.58 Å². The van der Waals surface area contributed by atoms with Crippen molar-refractivity contribution in [1.82, 2.24) is 0 Å². The van der Waals surface area contributed by atoms with Crippen LogP contribution in [0.5, 0.6) is 5.75 Å². The average Bonchev–Trinajstić information content (AvgIpc) is 2.50. The molecule has 0 N–H and O–H groups in total. The first-order valence-electron chi connectivity index (χ1n) is 6.84. The summed E-state index contributed by atoms with van der Waals surface area (Å²) in [6, 6.07) is 6.83. The van der Waals surface area contributed by atoms with Gasteiger partial charge in [-0.1, -0.05) is 18.7 Å². The topological polar surface area (TPSA) is 48.7 Å². The summed E-state index contributed by atoms with van der Waals surface area (Å²) < 4.78 is 15.9. The molecule has 0 amide bonds. The molecule has 0 aliphatic carbocycles. The Morgan fingerprint density at radius 1 is 1.27 bits per heavy atom. The smallest absolute Gasteiger partial charge is 0.336 e. The Hall–Kier alpha value is -2.75. The van der Waals surface area contributed by atoms with Crippen molar-refractivity contribution in [3.8, 4) is 5.75 Å². The van der Waals surface area contributed by atoms with E-state index >= 15 is 0 Å². The third-order valence-electron chi connectivity index (χ3n) is 2.94. The maximum absolute atomic E-state index is 11.4. The van der Waals surface area contributed by atoms with Gasteiger partial charge in [0.1, 0.15) is 17.9 Å². The van der Waals surface area contributed by atoms with Gasteiger partial charge in [0.15, 0.2) is 0 Å². The minimum Gasteiger partial charge on any atom is -0.496 e. The molecule has 1 aromatic carbocycles. The first-order valence-corrected chi connectivity index (χ1v) is 6.84. The summed E-state index contributed by atoms with van der Waals surface area (Å²) in [4.78, 5) is 11.4. The number of hydrogen-bond acceptors (Lipinski definition) is 4. The van der Waals surface area contributed by atoms with Gasteiger partial charge < -0.3 is 13.9 Å². The van der Waals surface area contributed by atoms with Crippen molar-refractivity contribution >= 4 is 17.0 Å². The Morgan fingerprint density at radius 3 is 2.77 bits per heavy atom. The fraction of sp³-hybridized carbons (Fsp3) is 0.167. The third-order valence-corrected chi connectivity index (χ3v) is 2.94. The normalized spacial score (nSPS) is 11.4. The predicted molar refractivity (Wildman–Crippen MR) is 88.0 cm³/mol. The molecular weight excluding hydrogens is 280 g/mol. The van der Waals surface area contributed by atoms with Crippen molar-refractivity contribution in [3.63, 3.8) is 0 Å². The lowest BCUT2D eigenvalue weighted by Gasteiger charge is -2.06. The van der Waals surface area contributed by atoms with E-state index in [0.29, 0.717) is 23.7 Å². The van der Waals surface area contributed by atoms with Gasteiger partial charge in [-0.3, -0.25) is 0 Å². The number of rotatable bonds is 6. The lowest BCUT2D eigenvalue weighted by molar-refractivity contribution is 0.251. The molecular formula is C18H18O4. The maximum Gasteiger partial charge on any atom is 0.336 e. The first kappa shape index (κ1) is 15.6. The molecule has 0 saturated carbocycles. The van der Waals surface area contributed by atoms with Gasteiger partial charge in [0.05, 0.1) is 18.4 Å². The van der Waals surface area contributed by atoms with Crippen molar-refractivity contribution in [2.45, 2.75) is 6.92 Å². The molecule has 2 aromatic rings. The molecule has 2 rings (SSSR count). The van der Waals surface area contributed by atoms with Gasteiger partial charge in [0.25, 0.3) is 0 Å². The molecule has 0 radical (unpaired) electrons. The fourth-order valence-electron chi connectivity index (χ4n) is 1.95. The molecule has 4 heteroatoms. The van der Waals surface area contributed by atoms with Crippen molar-refractivity contribution in [1.29, 1.82) is 0 Å². The second kappa shape index (κ2) is 7.31. The van der Waals surface area contributed by atoms with E-state index in [4.69, 9.17) is 13.9 Å². The van der Waals surface area contributed by atoms with E-state index in [-0.39, 0.29) is 5.63 Å². The van der Waals surface area contributed by atoms with Crippen molar-refractivity contribution in [2.24, 2.45) is 0 Å². The van der Waals surface area contributed by atoms with Crippen molar-refractivity contribution < 1.29 is 13.9 Å². The zero-order chi connectivity index (χ0) is 15.9. The summed E-state index contributed by atoms with van der Waals surface area (Å²) in [7, 11) is 1.58. The van der Waals surface area contributed by atoms with Gasteiger partial charge in [-0.05, 0) is 37.3 Å². The molecule has 0 fully saturated rings. The molecule has 0 saturated heterocycles. The van der Waals surface area contributed by atoms with Crippen LogP contribution < -0.4 is 10.4 Å². The third kappa shape index (κ3) is 3.88. The monoisotopic (exact) mass is 298 g/mol. The Kier molecular flexibility index (Phi) is 5.20. The standard InChI is InChI=1S/C18H18O4/c1-13(2)21-12-6-4-5-7-15-16(20-3)10-8-14-9-11-17(19)22-18(14)15/h4-11H,1,12H2,2-3H3/b6-4+,7-5+. The van der Waals surface area contributed by atoms with Crippen LogP contribution >= 0.6 is 0 Å². The molecule has 0 unspecified atom stereocenters. The second-order valence-corrected chi connectivity index (χ2v) is 4.65. The highest BCUT2D eigenvalue weighted by atomic mass is 16.5. The number of hydrogen-bond donors (Lipinski definition) is 0. The van der Waals surface area contributed by atoms with Crippen LogP contribution in [0.15, 0.2) is 64.0 Å². The minimum absolute atomic E-state index is 0.388. The lowest BCUT2D eigenvalue weighted by atomic mass is 10.1. The van der Waals surface area contributed by atoms with Crippen molar-refractivity contribution in [2.75, 3.05) is 13.7 Å². The first-order chi connectivity index (χ1) is 10.6. The fourth-order valence-corrected chi connectivity index (χ4v) is 1.95. The molecule has 114 valence electrons. The molecule has 0 aliphatic rings. The van der Waals surface area contributed by atoms with Crippen LogP contribution in [0.25, 0.3) is 17.0 Å². The minimum atomic E-state index is -0.388. The summed E-state index contributed by atoms with van der Waals surface area (Å²) >= 11 is 0. The van der Waals surface area contributed by atoms with E-state index in [0.717, 1.165) is 10.9 Å². The molecule has 0 bridgehead atoms. The highest BCUT2D eigenvalue weighted by Crippen LogP contribution is 2.28. The summed E-state index contributed by atoms with van der Waals surface area (Å²) in [5.74, 6) is 1.32. The van der Waals surface area contributed by atoms with E-state index in [1.54, 1.807) is 20.1 Å². The van der Waals surface area contributed by atoms with E-state index in [9.17, 15) is 4.79 Å². The molecule has 1 aromatic heterocycles. The largest absolute Gasteiger partial charge is 0.496 e. The number of allylic oxidation sites excluding steroid dienone is 3.